The molecule has 2 saturated heterocycles. The van der Waals surface area contributed by atoms with Gasteiger partial charge in [-0.1, -0.05) is 35.5 Å². The van der Waals surface area contributed by atoms with E-state index < -0.39 is 71.4 Å². The smallest absolute Gasteiger partial charge is 0.228 e. The fourth-order valence-electron chi connectivity index (χ4n) is 5.76. The minimum Gasteiger partial charge on any atom is -0.394 e. The van der Waals surface area contributed by atoms with Crippen molar-refractivity contribution in [2.45, 2.75) is 48.9 Å². The number of hydrogen-bond acceptors (Lipinski definition) is 8. The molecule has 7 atom stereocenters. The summed E-state index contributed by atoms with van der Waals surface area (Å²) in [5.41, 5.74) is 4.85. The Kier molecular flexibility index (Phi) is 6.97. The van der Waals surface area contributed by atoms with Gasteiger partial charge in [-0.3, -0.25) is 4.79 Å². The topological polar surface area (TPSA) is 153 Å². The van der Waals surface area contributed by atoms with Crippen LogP contribution >= 0.6 is 0 Å². The summed E-state index contributed by atoms with van der Waals surface area (Å²) in [5.74, 6) is -8.00. The molecular weight excluding hydrogens is 521 g/mol. The Morgan fingerprint density at radius 1 is 1.21 bits per heavy atom. The van der Waals surface area contributed by atoms with Crippen LogP contribution in [0.2, 0.25) is 0 Å². The quantitative estimate of drug-likeness (QED) is 0.335. The number of halogens is 3. The number of nitrogens with zero attached hydrogens (tertiary/aromatic N) is 3. The normalized spacial score (nSPS) is 30.4. The second kappa shape index (κ2) is 9.99. The molecule has 2 fully saturated rings. The summed E-state index contributed by atoms with van der Waals surface area (Å²) in [6, 6.07) is 8.79. The van der Waals surface area contributed by atoms with Crippen LogP contribution in [0.3, 0.4) is 0 Å². The van der Waals surface area contributed by atoms with Gasteiger partial charge in [-0.2, -0.15) is 0 Å². The molecule has 2 aliphatic rings. The third-order valence-electron chi connectivity index (χ3n) is 7.88. The maximum atomic E-state index is 13.8. The molecule has 1 amide bonds. The second-order valence-electron chi connectivity index (χ2n) is 9.95. The molecule has 0 radical (unpaired) electrons. The number of primary amides is 1. The van der Waals surface area contributed by atoms with E-state index in [1.54, 1.807) is 37.3 Å². The second-order valence-corrected chi connectivity index (χ2v) is 9.95. The number of rotatable bonds is 6. The van der Waals surface area contributed by atoms with Crippen molar-refractivity contribution in [2.24, 2.45) is 11.7 Å². The van der Waals surface area contributed by atoms with Crippen molar-refractivity contribution in [3.63, 3.8) is 0 Å². The highest BCUT2D eigenvalue weighted by atomic mass is 19.2. The maximum absolute atomic E-state index is 13.8. The SMILES string of the molecule is CC(C(N)=O)(c1ccccc1)[C@H]1CCO[C@]12O[C@H](CO)[C@H](O)[C@H](n1cc(-c3cc(F)c(F)c(F)c3)nn1)[C@H]2O. The molecule has 39 heavy (non-hydrogen) atoms. The Morgan fingerprint density at radius 3 is 2.49 bits per heavy atom. The summed E-state index contributed by atoms with van der Waals surface area (Å²) in [6.07, 6.45) is -3.08. The standard InChI is InChI=1S/C26H27F3N4O6/c1-25(24(30)37,14-5-3-2-4-6-14)19-7-8-38-26(19)23(36)21(22(35)18(12-34)39-26)33-11-17(31-32-33)13-9-15(27)20(29)16(28)10-13/h2-6,9-11,18-19,21-23,34-36H,7-8,12H2,1H3,(H2,30,37)/t18-,19-,21+,22+,23-,25?,26+/m1/s1. The van der Waals surface area contributed by atoms with Gasteiger partial charge in [-0.25, -0.2) is 17.9 Å². The first-order valence-corrected chi connectivity index (χ1v) is 12.3. The molecule has 0 aliphatic carbocycles. The molecule has 1 unspecified atom stereocenters. The molecule has 1 spiro atoms. The van der Waals surface area contributed by atoms with Crippen LogP contribution in [0.25, 0.3) is 11.3 Å². The minimum atomic E-state index is -1.92. The van der Waals surface area contributed by atoms with Crippen molar-refractivity contribution in [3.8, 4) is 11.3 Å². The van der Waals surface area contributed by atoms with Gasteiger partial charge in [0.1, 0.15) is 30.0 Å². The van der Waals surface area contributed by atoms with Crippen molar-refractivity contribution in [1.29, 1.82) is 0 Å². The highest BCUT2D eigenvalue weighted by molar-refractivity contribution is 5.87. The Balaban J connectivity index is 1.58. The summed E-state index contributed by atoms with van der Waals surface area (Å²) in [5, 5.41) is 40.6. The summed E-state index contributed by atoms with van der Waals surface area (Å²) in [6.45, 7) is 0.993. The number of carbonyl (C=O) groups is 1. The van der Waals surface area contributed by atoms with Gasteiger partial charge in [0.2, 0.25) is 11.7 Å². The van der Waals surface area contributed by atoms with E-state index in [4.69, 9.17) is 15.2 Å². The number of ether oxygens (including phenoxy) is 2. The Hall–Kier alpha value is -3.36. The molecule has 3 heterocycles. The lowest BCUT2D eigenvalue weighted by Crippen LogP contribution is -2.68. The van der Waals surface area contributed by atoms with E-state index >= 15 is 0 Å². The van der Waals surface area contributed by atoms with Gasteiger partial charge in [0.15, 0.2) is 17.5 Å². The van der Waals surface area contributed by atoms with E-state index in [-0.39, 0.29) is 24.3 Å². The number of aromatic nitrogens is 3. The predicted octanol–water partition coefficient (Wildman–Crippen LogP) is 1.19. The molecule has 1 aromatic heterocycles. The molecular formula is C26H27F3N4O6. The number of aliphatic hydroxyl groups is 3. The van der Waals surface area contributed by atoms with Gasteiger partial charge in [-0.15, -0.1) is 5.10 Å². The number of hydrogen-bond donors (Lipinski definition) is 4. The van der Waals surface area contributed by atoms with Gasteiger partial charge < -0.3 is 30.5 Å². The third-order valence-corrected chi connectivity index (χ3v) is 7.88. The predicted molar refractivity (Wildman–Crippen MR) is 128 cm³/mol. The van der Waals surface area contributed by atoms with Gasteiger partial charge in [0, 0.05) is 11.5 Å². The Bertz CT molecular complexity index is 1350. The molecule has 2 aromatic carbocycles. The summed E-state index contributed by atoms with van der Waals surface area (Å²) < 4.78 is 54.2. The van der Waals surface area contributed by atoms with Gasteiger partial charge in [-0.05, 0) is 31.0 Å². The molecule has 5 N–H and O–H groups in total. The van der Waals surface area contributed by atoms with E-state index in [1.807, 2.05) is 0 Å². The van der Waals surface area contributed by atoms with Crippen molar-refractivity contribution in [1.82, 2.24) is 15.0 Å². The van der Waals surface area contributed by atoms with Crippen LogP contribution in [-0.4, -0.2) is 73.5 Å². The molecule has 2 aliphatic heterocycles. The zero-order valence-corrected chi connectivity index (χ0v) is 20.7. The average molecular weight is 549 g/mol. The zero-order chi connectivity index (χ0) is 28.1. The minimum absolute atomic E-state index is 0.0646. The summed E-state index contributed by atoms with van der Waals surface area (Å²) in [7, 11) is 0. The van der Waals surface area contributed by atoms with Crippen molar-refractivity contribution in [2.75, 3.05) is 13.2 Å². The highest BCUT2D eigenvalue weighted by Crippen LogP contribution is 2.53. The number of aliphatic hydroxyl groups excluding tert-OH is 3. The van der Waals surface area contributed by atoms with Crippen molar-refractivity contribution < 1.29 is 42.8 Å². The fraction of sp³-hybridized carbons (Fsp3) is 0.423. The van der Waals surface area contributed by atoms with E-state index in [1.165, 1.54) is 6.20 Å². The molecule has 5 rings (SSSR count). The number of benzene rings is 2. The first kappa shape index (κ1) is 27.2. The fourth-order valence-corrected chi connectivity index (χ4v) is 5.76. The average Bonchev–Trinajstić information content (AvgIpc) is 3.58. The maximum Gasteiger partial charge on any atom is 0.228 e. The van der Waals surface area contributed by atoms with Crippen LogP contribution in [0.5, 0.6) is 0 Å². The first-order valence-electron chi connectivity index (χ1n) is 12.3. The lowest BCUT2D eigenvalue weighted by Gasteiger charge is -2.52. The van der Waals surface area contributed by atoms with Crippen LogP contribution in [0.4, 0.5) is 13.2 Å². The van der Waals surface area contributed by atoms with Gasteiger partial charge in [0.25, 0.3) is 0 Å². The largest absolute Gasteiger partial charge is 0.394 e. The van der Waals surface area contributed by atoms with Crippen LogP contribution in [0.15, 0.2) is 48.7 Å². The molecule has 0 saturated carbocycles. The van der Waals surface area contributed by atoms with E-state index in [0.717, 1.165) is 16.8 Å². The van der Waals surface area contributed by atoms with E-state index in [2.05, 4.69) is 10.3 Å². The highest BCUT2D eigenvalue weighted by Gasteiger charge is 2.66. The van der Waals surface area contributed by atoms with E-state index in [9.17, 15) is 33.3 Å². The van der Waals surface area contributed by atoms with E-state index in [0.29, 0.717) is 5.56 Å². The Morgan fingerprint density at radius 2 is 1.87 bits per heavy atom. The molecule has 3 aromatic rings. The zero-order valence-electron chi connectivity index (χ0n) is 20.7. The van der Waals surface area contributed by atoms with Crippen molar-refractivity contribution >= 4 is 5.91 Å². The summed E-state index contributed by atoms with van der Waals surface area (Å²) in [4.78, 5) is 13.0. The Labute approximate surface area is 220 Å². The van der Waals surface area contributed by atoms with Crippen LogP contribution in [0, 0.1) is 23.4 Å². The molecule has 208 valence electrons. The molecule has 0 bridgehead atoms. The van der Waals surface area contributed by atoms with Crippen LogP contribution in [-0.2, 0) is 19.7 Å². The third kappa shape index (κ3) is 4.21. The lowest BCUT2D eigenvalue weighted by molar-refractivity contribution is -0.357. The number of carbonyl (C=O) groups excluding carboxylic acids is 1. The monoisotopic (exact) mass is 548 g/mol. The first-order chi connectivity index (χ1) is 18.5. The van der Waals surface area contributed by atoms with Crippen LogP contribution < -0.4 is 5.73 Å². The van der Waals surface area contributed by atoms with Gasteiger partial charge >= 0.3 is 0 Å². The summed E-state index contributed by atoms with van der Waals surface area (Å²) >= 11 is 0. The number of nitrogens with two attached hydrogens (primary N) is 1. The number of amides is 1. The molecule has 10 nitrogen and oxygen atoms in total. The van der Waals surface area contributed by atoms with Crippen LogP contribution in [0.1, 0.15) is 24.9 Å². The van der Waals surface area contributed by atoms with Gasteiger partial charge in [0.05, 0.1) is 24.8 Å². The molecule has 13 heteroatoms. The van der Waals surface area contributed by atoms with Crippen molar-refractivity contribution in [3.05, 3.63) is 71.7 Å². The lowest BCUT2D eigenvalue weighted by atomic mass is 9.64.